The van der Waals surface area contributed by atoms with Gasteiger partial charge >= 0.3 is 111 Å². The van der Waals surface area contributed by atoms with Crippen LogP contribution in [0.4, 0.5) is 0 Å². The van der Waals surface area contributed by atoms with Crippen LogP contribution in [-0.2, 0) is 43.7 Å². The summed E-state index contributed by atoms with van der Waals surface area (Å²) >= 11 is -2.26. The zero-order valence-corrected chi connectivity index (χ0v) is 26.5. The predicted octanol–water partition coefficient (Wildman–Crippen LogP) is 7.90. The van der Waals surface area contributed by atoms with E-state index in [1.165, 1.54) is 72.9 Å². The molecule has 4 aromatic rings. The molecule has 0 fully saturated rings. The number of hydrogen-bond donors (Lipinski definition) is 0. The van der Waals surface area contributed by atoms with Crippen molar-refractivity contribution in [2.45, 2.75) is 65.2 Å². The Labute approximate surface area is 232 Å². The van der Waals surface area contributed by atoms with Gasteiger partial charge in [-0.3, -0.25) is 0 Å². The van der Waals surface area contributed by atoms with Gasteiger partial charge in [0, 0.05) is 0 Å². The van der Waals surface area contributed by atoms with E-state index in [-0.39, 0.29) is 0 Å². The molecule has 0 saturated carbocycles. The van der Waals surface area contributed by atoms with Crippen LogP contribution in [-0.4, -0.2) is 5.43 Å². The number of fused-ring (bicyclic) bond motifs is 2. The van der Waals surface area contributed by atoms with Crippen LogP contribution in [0.15, 0.2) is 84.9 Å². The van der Waals surface area contributed by atoms with Gasteiger partial charge < -0.3 is 0 Å². The van der Waals surface area contributed by atoms with E-state index in [2.05, 4.69) is 86.6 Å². The maximum atomic E-state index is 6.32. The number of benzene rings is 2. The average molecular weight is 611 g/mol. The first-order valence-corrected chi connectivity index (χ1v) is 24.7. The average Bonchev–Trinajstić information content (AvgIpc) is 3.46. The summed E-state index contributed by atoms with van der Waals surface area (Å²) < 4.78 is 0. The number of rotatable bonds is 2. The van der Waals surface area contributed by atoms with Crippen molar-refractivity contribution in [3.8, 4) is 0 Å². The zero-order valence-electron chi connectivity index (χ0n) is 21.5. The second-order valence-electron chi connectivity index (χ2n) is 9.95. The van der Waals surface area contributed by atoms with Crippen molar-refractivity contribution in [3.63, 3.8) is 0 Å². The normalized spacial score (nSPS) is 13.8. The molecule has 2 aliphatic carbocycles. The summed E-state index contributed by atoms with van der Waals surface area (Å²) in [7, 11) is 12.6. The molecule has 4 heteroatoms. The van der Waals surface area contributed by atoms with E-state index in [0.29, 0.717) is 0 Å². The van der Waals surface area contributed by atoms with Crippen molar-refractivity contribution >= 4 is 32.8 Å². The summed E-state index contributed by atoms with van der Waals surface area (Å²) in [6.07, 6.45) is 10.9. The Balaban J connectivity index is 0.000000132. The molecule has 0 saturated heterocycles. The van der Waals surface area contributed by atoms with Gasteiger partial charge in [0.15, 0.2) is 0 Å². The van der Waals surface area contributed by atoms with Crippen molar-refractivity contribution in [3.05, 3.63) is 118 Å². The van der Waals surface area contributed by atoms with E-state index < -0.39 is 23.4 Å². The summed E-state index contributed by atoms with van der Waals surface area (Å²) in [6.45, 7) is 4.39. The summed E-state index contributed by atoms with van der Waals surface area (Å²) in [5.41, 5.74) is 8.47. The van der Waals surface area contributed by atoms with Crippen molar-refractivity contribution in [1.29, 1.82) is 0 Å². The Morgan fingerprint density at radius 1 is 0.611 bits per heavy atom. The van der Waals surface area contributed by atoms with Crippen LogP contribution in [0.3, 0.4) is 0 Å². The molecule has 0 nitrogen and oxygen atoms in total. The maximum absolute atomic E-state index is 6.32. The second kappa shape index (κ2) is 14.1. The Morgan fingerprint density at radius 3 is 1.36 bits per heavy atom. The second-order valence-corrected chi connectivity index (χ2v) is 29.1. The molecular weight excluding hydrogens is 575 g/mol. The Hall–Kier alpha value is -1.18. The minimum absolute atomic E-state index is 0.889. The van der Waals surface area contributed by atoms with Gasteiger partial charge in [-0.05, 0) is 0 Å². The first-order valence-electron chi connectivity index (χ1n) is 13.2. The third kappa shape index (κ3) is 7.91. The molecule has 0 heterocycles. The summed E-state index contributed by atoms with van der Waals surface area (Å²) in [5.74, 6) is 0. The molecule has 4 aromatic carbocycles. The van der Waals surface area contributed by atoms with Gasteiger partial charge in [-0.25, -0.2) is 12.1 Å². The molecule has 0 unspecified atom stereocenters. The third-order valence-corrected chi connectivity index (χ3v) is 23.0. The van der Waals surface area contributed by atoms with Gasteiger partial charge in [-0.2, -0.15) is 45.5 Å². The monoisotopic (exact) mass is 608 g/mol. The molecule has 2 aliphatic rings. The van der Waals surface area contributed by atoms with Gasteiger partial charge in [0.25, 0.3) is 0 Å². The molecule has 36 heavy (non-hydrogen) atoms. The van der Waals surface area contributed by atoms with Gasteiger partial charge in [0.2, 0.25) is 0 Å². The van der Waals surface area contributed by atoms with E-state index in [1.54, 1.807) is 22.3 Å². The molecule has 188 valence electrons. The molecule has 0 amide bonds. The molecule has 0 aliphatic heterocycles. The Morgan fingerprint density at radius 2 is 1.00 bits per heavy atom. The van der Waals surface area contributed by atoms with E-state index in [1.807, 2.05) is 12.1 Å². The minimum atomic E-state index is -2.26. The fraction of sp³-hybridized carbons (Fsp3) is 0.312. The topological polar surface area (TPSA) is 0 Å². The molecule has 0 bridgehead atoms. The third-order valence-electron chi connectivity index (χ3n) is 7.03. The molecule has 6 rings (SSSR count). The van der Waals surface area contributed by atoms with Gasteiger partial charge in [-0.15, -0.1) is 0 Å². The number of halogens is 2. The van der Waals surface area contributed by atoms with Crippen LogP contribution in [0.2, 0.25) is 0 Å². The van der Waals surface area contributed by atoms with Crippen molar-refractivity contribution in [2.75, 3.05) is 0 Å². The van der Waals surface area contributed by atoms with E-state index in [9.17, 15) is 0 Å². The molecule has 0 radical (unpaired) electrons. The van der Waals surface area contributed by atoms with Crippen LogP contribution in [0, 0.1) is 13.8 Å². The van der Waals surface area contributed by atoms with Gasteiger partial charge in [-0.1, -0.05) is 65.2 Å². The van der Waals surface area contributed by atoms with Crippen LogP contribution in [0.25, 0.3) is 0 Å². The molecule has 0 spiro atoms. The van der Waals surface area contributed by atoms with Crippen LogP contribution in [0.1, 0.15) is 59.1 Å². The molecule has 0 N–H and O–H groups in total. The quantitative estimate of drug-likeness (QED) is 0.160. The van der Waals surface area contributed by atoms with Gasteiger partial charge in [0.1, 0.15) is 0 Å². The first kappa shape index (κ1) is 27.8. The fourth-order valence-corrected chi connectivity index (χ4v) is 20.6. The number of aryl methyl sites for hydroxylation is 6. The molecule has 0 aromatic heterocycles. The Bertz CT molecular complexity index is 1120. The van der Waals surface area contributed by atoms with Crippen molar-refractivity contribution < 1.29 is 18.0 Å². The zero-order chi connectivity index (χ0) is 25.3. The molecule has 0 atom stereocenters. The van der Waals surface area contributed by atoms with Gasteiger partial charge in [0.05, 0.1) is 0 Å². The SMILES string of the molecule is Cc1cc2c([cH-]1)CCCC2.Cc1cc2c([cH-]1)CCCC2.[Cl][Zr]([Cl])=[Si](c1ccccc1)c1ccccc1. The summed E-state index contributed by atoms with van der Waals surface area (Å²) in [5, 5.41) is 2.66. The molecular formula is C32H36Cl2SiZr-2. The first-order chi connectivity index (χ1) is 17.5. The van der Waals surface area contributed by atoms with Crippen LogP contribution < -0.4 is 10.4 Å². The summed E-state index contributed by atoms with van der Waals surface area (Å²) in [4.78, 5) is 0. The Kier molecular flexibility index (Phi) is 10.9. The van der Waals surface area contributed by atoms with Crippen molar-refractivity contribution in [1.82, 2.24) is 0 Å². The standard InChI is InChI=1S/C12H10Si.2C10H13.2ClH.Zr/c1-3-7-11(8-4-1)13-12-9-5-2-6-10-12;2*1-8-6-9-4-2-3-5-10(9)7-8;;;/h1-10H;2*6-7H,2-5H2,1H3;2*1H;/q;2*-1;;;+2/p-2. The predicted molar refractivity (Wildman–Crippen MR) is 156 cm³/mol. The number of hydrogen-bond acceptors (Lipinski definition) is 0. The van der Waals surface area contributed by atoms with E-state index in [0.717, 1.165) is 0 Å². The fourth-order valence-electron chi connectivity index (χ4n) is 5.34. The van der Waals surface area contributed by atoms with Crippen LogP contribution >= 0.6 is 17.0 Å². The van der Waals surface area contributed by atoms with Crippen molar-refractivity contribution in [2.24, 2.45) is 0 Å². The van der Waals surface area contributed by atoms with E-state index in [4.69, 9.17) is 17.0 Å². The van der Waals surface area contributed by atoms with Crippen LogP contribution in [0.5, 0.6) is 0 Å². The van der Waals surface area contributed by atoms with E-state index >= 15 is 0 Å². The summed E-state index contributed by atoms with van der Waals surface area (Å²) in [6, 6.07) is 30.2.